The second kappa shape index (κ2) is 10.9. The monoisotopic (exact) mass is 457 g/mol. The summed E-state index contributed by atoms with van der Waals surface area (Å²) in [7, 11) is 1.71. The summed E-state index contributed by atoms with van der Waals surface area (Å²) < 4.78 is 19.1. The molecule has 0 spiro atoms. The standard InChI is InChI=1S/C19H24FN3O.HI/c1-4-24-18-11-10-15(12-17(18)20)13-22-19(21-3)23-14(2)16-8-6-5-7-9-16;/h5-12,14H,4,13H2,1-3H3,(H2,21,22,23);1H. The van der Waals surface area contributed by atoms with Crippen LogP contribution in [0.5, 0.6) is 5.75 Å². The average Bonchev–Trinajstić information content (AvgIpc) is 2.61. The van der Waals surface area contributed by atoms with Gasteiger partial charge in [0.05, 0.1) is 12.6 Å². The van der Waals surface area contributed by atoms with Crippen LogP contribution >= 0.6 is 24.0 Å². The maximum atomic E-state index is 13.9. The van der Waals surface area contributed by atoms with Gasteiger partial charge in [-0.15, -0.1) is 24.0 Å². The summed E-state index contributed by atoms with van der Waals surface area (Å²) in [5, 5.41) is 6.52. The first-order valence-corrected chi connectivity index (χ1v) is 8.07. The quantitative estimate of drug-likeness (QED) is 0.387. The van der Waals surface area contributed by atoms with E-state index < -0.39 is 0 Å². The van der Waals surface area contributed by atoms with Gasteiger partial charge in [-0.1, -0.05) is 36.4 Å². The van der Waals surface area contributed by atoms with Crippen LogP contribution in [-0.2, 0) is 6.54 Å². The van der Waals surface area contributed by atoms with E-state index in [0.29, 0.717) is 19.1 Å². The van der Waals surface area contributed by atoms with Crippen molar-refractivity contribution in [2.75, 3.05) is 13.7 Å². The van der Waals surface area contributed by atoms with Gasteiger partial charge in [0.1, 0.15) is 0 Å². The van der Waals surface area contributed by atoms with Gasteiger partial charge in [-0.25, -0.2) is 4.39 Å². The second-order valence-corrected chi connectivity index (χ2v) is 5.40. The number of hydrogen-bond acceptors (Lipinski definition) is 2. The Kier molecular flexibility index (Phi) is 9.26. The number of benzene rings is 2. The van der Waals surface area contributed by atoms with Gasteiger partial charge < -0.3 is 15.4 Å². The van der Waals surface area contributed by atoms with E-state index in [1.54, 1.807) is 13.1 Å². The molecule has 6 heteroatoms. The van der Waals surface area contributed by atoms with Crippen molar-refractivity contribution in [2.24, 2.45) is 4.99 Å². The molecule has 1 unspecified atom stereocenters. The van der Waals surface area contributed by atoms with E-state index in [9.17, 15) is 4.39 Å². The van der Waals surface area contributed by atoms with Crippen LogP contribution in [-0.4, -0.2) is 19.6 Å². The van der Waals surface area contributed by atoms with Gasteiger partial charge in [-0.05, 0) is 37.1 Å². The molecule has 4 nitrogen and oxygen atoms in total. The van der Waals surface area contributed by atoms with Crippen LogP contribution in [0.1, 0.15) is 31.0 Å². The number of halogens is 2. The van der Waals surface area contributed by atoms with Crippen molar-refractivity contribution in [1.29, 1.82) is 0 Å². The summed E-state index contributed by atoms with van der Waals surface area (Å²) in [6.45, 7) is 4.82. The minimum Gasteiger partial charge on any atom is -0.491 e. The fourth-order valence-corrected chi connectivity index (χ4v) is 2.34. The third-order valence-electron chi connectivity index (χ3n) is 3.63. The van der Waals surface area contributed by atoms with E-state index in [2.05, 4.69) is 34.7 Å². The molecule has 136 valence electrons. The zero-order chi connectivity index (χ0) is 17.4. The molecule has 2 aromatic carbocycles. The maximum absolute atomic E-state index is 13.9. The van der Waals surface area contributed by atoms with Crippen molar-refractivity contribution >= 4 is 29.9 Å². The molecule has 0 aliphatic carbocycles. The van der Waals surface area contributed by atoms with Gasteiger partial charge in [0.2, 0.25) is 0 Å². The largest absolute Gasteiger partial charge is 0.491 e. The number of hydrogen-bond donors (Lipinski definition) is 2. The summed E-state index contributed by atoms with van der Waals surface area (Å²) >= 11 is 0. The van der Waals surface area contributed by atoms with Gasteiger partial charge >= 0.3 is 0 Å². The molecule has 0 bridgehead atoms. The Hall–Kier alpha value is -1.83. The Balaban J connectivity index is 0.00000312. The van der Waals surface area contributed by atoms with E-state index >= 15 is 0 Å². The van der Waals surface area contributed by atoms with Crippen LogP contribution in [0.4, 0.5) is 4.39 Å². The highest BCUT2D eigenvalue weighted by atomic mass is 127. The SMILES string of the molecule is CCOc1ccc(CNC(=NC)NC(C)c2ccccc2)cc1F.I. The molecule has 25 heavy (non-hydrogen) atoms. The van der Waals surface area contributed by atoms with Crippen molar-refractivity contribution in [3.63, 3.8) is 0 Å². The third kappa shape index (κ3) is 6.53. The Morgan fingerprint density at radius 1 is 1.20 bits per heavy atom. The smallest absolute Gasteiger partial charge is 0.191 e. The predicted octanol–water partition coefficient (Wildman–Crippen LogP) is 4.27. The molecule has 0 aliphatic heterocycles. The summed E-state index contributed by atoms with van der Waals surface area (Å²) in [4.78, 5) is 4.21. The van der Waals surface area contributed by atoms with Crippen molar-refractivity contribution < 1.29 is 9.13 Å². The molecule has 0 fully saturated rings. The van der Waals surface area contributed by atoms with Crippen molar-refractivity contribution in [3.05, 3.63) is 65.5 Å². The van der Waals surface area contributed by atoms with E-state index in [0.717, 1.165) is 5.56 Å². The third-order valence-corrected chi connectivity index (χ3v) is 3.63. The van der Waals surface area contributed by atoms with Crippen LogP contribution in [0.2, 0.25) is 0 Å². The number of nitrogens with zero attached hydrogens (tertiary/aromatic N) is 1. The molecule has 2 aromatic rings. The van der Waals surface area contributed by atoms with Crippen LogP contribution < -0.4 is 15.4 Å². The van der Waals surface area contributed by atoms with Gasteiger partial charge in [0.15, 0.2) is 17.5 Å². The summed E-state index contributed by atoms with van der Waals surface area (Å²) in [6.07, 6.45) is 0. The van der Waals surface area contributed by atoms with Crippen molar-refractivity contribution in [2.45, 2.75) is 26.4 Å². The highest BCUT2D eigenvalue weighted by molar-refractivity contribution is 14.0. The minimum atomic E-state index is -0.350. The zero-order valence-corrected chi connectivity index (χ0v) is 17.1. The lowest BCUT2D eigenvalue weighted by Crippen LogP contribution is -2.38. The molecule has 0 heterocycles. The molecular formula is C19H25FIN3O. The summed E-state index contributed by atoms with van der Waals surface area (Å²) in [5.74, 6) is 0.596. The van der Waals surface area contributed by atoms with Gasteiger partial charge in [-0.3, -0.25) is 4.99 Å². The molecule has 0 aliphatic rings. The lowest BCUT2D eigenvalue weighted by atomic mass is 10.1. The van der Waals surface area contributed by atoms with Crippen LogP contribution in [0.25, 0.3) is 0 Å². The normalized spacial score (nSPS) is 12.1. The number of aliphatic imine (C=N–C) groups is 1. The topological polar surface area (TPSA) is 45.6 Å². The Morgan fingerprint density at radius 3 is 2.52 bits per heavy atom. The lowest BCUT2D eigenvalue weighted by Gasteiger charge is -2.18. The number of nitrogens with one attached hydrogen (secondary N) is 2. The molecule has 0 saturated heterocycles. The second-order valence-electron chi connectivity index (χ2n) is 5.40. The molecule has 2 rings (SSSR count). The molecule has 0 aromatic heterocycles. The van der Waals surface area contributed by atoms with E-state index in [1.807, 2.05) is 31.2 Å². The first kappa shape index (κ1) is 21.2. The first-order chi connectivity index (χ1) is 11.6. The zero-order valence-electron chi connectivity index (χ0n) is 14.8. The van der Waals surface area contributed by atoms with E-state index in [-0.39, 0.29) is 41.6 Å². The highest BCUT2D eigenvalue weighted by Crippen LogP contribution is 2.18. The first-order valence-electron chi connectivity index (χ1n) is 8.07. The van der Waals surface area contributed by atoms with Crippen LogP contribution in [0.3, 0.4) is 0 Å². The molecule has 0 saturated carbocycles. The molecule has 0 radical (unpaired) electrons. The summed E-state index contributed by atoms with van der Waals surface area (Å²) in [5.41, 5.74) is 2.00. The van der Waals surface area contributed by atoms with Crippen molar-refractivity contribution in [3.8, 4) is 5.75 Å². The van der Waals surface area contributed by atoms with E-state index in [4.69, 9.17) is 4.74 Å². The fraction of sp³-hybridized carbons (Fsp3) is 0.316. The fourth-order valence-electron chi connectivity index (χ4n) is 2.34. The molecule has 0 amide bonds. The van der Waals surface area contributed by atoms with Crippen LogP contribution in [0, 0.1) is 5.82 Å². The number of guanidine groups is 1. The number of ether oxygens (including phenoxy) is 1. The highest BCUT2D eigenvalue weighted by Gasteiger charge is 2.08. The maximum Gasteiger partial charge on any atom is 0.191 e. The van der Waals surface area contributed by atoms with Gasteiger partial charge in [0, 0.05) is 13.6 Å². The average molecular weight is 457 g/mol. The van der Waals surface area contributed by atoms with Crippen LogP contribution in [0.15, 0.2) is 53.5 Å². The summed E-state index contributed by atoms with van der Waals surface area (Å²) in [6, 6.07) is 15.2. The Bertz CT molecular complexity index is 680. The minimum absolute atomic E-state index is 0. The van der Waals surface area contributed by atoms with Crippen molar-refractivity contribution in [1.82, 2.24) is 10.6 Å². The number of rotatable bonds is 6. The van der Waals surface area contributed by atoms with Gasteiger partial charge in [0.25, 0.3) is 0 Å². The van der Waals surface area contributed by atoms with E-state index in [1.165, 1.54) is 11.6 Å². The molecular weight excluding hydrogens is 432 g/mol. The Labute approximate surface area is 165 Å². The Morgan fingerprint density at radius 2 is 1.92 bits per heavy atom. The molecule has 1 atom stereocenters. The molecule has 2 N–H and O–H groups in total. The lowest BCUT2D eigenvalue weighted by molar-refractivity contribution is 0.321. The van der Waals surface area contributed by atoms with Gasteiger partial charge in [-0.2, -0.15) is 0 Å². The predicted molar refractivity (Wildman–Crippen MR) is 111 cm³/mol.